The van der Waals surface area contributed by atoms with Crippen molar-refractivity contribution in [1.29, 1.82) is 0 Å². The van der Waals surface area contributed by atoms with Crippen molar-refractivity contribution in [2.24, 2.45) is 5.92 Å². The van der Waals surface area contributed by atoms with Crippen LogP contribution in [0.25, 0.3) is 0 Å². The molecule has 0 radical (unpaired) electrons. The Hall–Kier alpha value is -0.0900. The molecule has 1 amide bonds. The molecule has 0 heterocycles. The lowest BCUT2D eigenvalue weighted by atomic mass is 10.2. The molecule has 0 bridgehead atoms. The van der Waals surface area contributed by atoms with E-state index in [0.29, 0.717) is 16.7 Å². The predicted molar refractivity (Wildman–Crippen MR) is 63.0 cm³/mol. The van der Waals surface area contributed by atoms with E-state index in [9.17, 15) is 4.79 Å². The second-order valence-electron chi connectivity index (χ2n) is 3.22. The van der Waals surface area contributed by atoms with E-state index in [1.807, 2.05) is 13.2 Å². The second-order valence-corrected chi connectivity index (χ2v) is 4.66. The van der Waals surface area contributed by atoms with Crippen molar-refractivity contribution in [2.75, 3.05) is 12.8 Å². The molecular formula is C9H17NOS2. The molecule has 0 fully saturated rings. The zero-order valence-corrected chi connectivity index (χ0v) is 10.3. The summed E-state index contributed by atoms with van der Waals surface area (Å²) in [7, 11) is 0. The van der Waals surface area contributed by atoms with Gasteiger partial charge in [-0.15, -0.1) is 0 Å². The highest BCUT2D eigenvalue weighted by atomic mass is 32.2. The number of thioether (sulfide) groups is 1. The Labute approximate surface area is 90.1 Å². The minimum Gasteiger partial charge on any atom is -0.298 e. The lowest BCUT2D eigenvalue weighted by molar-refractivity contribution is -0.127. The number of amides is 1. The summed E-state index contributed by atoms with van der Waals surface area (Å²) in [6, 6.07) is 0. The highest BCUT2D eigenvalue weighted by molar-refractivity contribution is 8.22. The van der Waals surface area contributed by atoms with Crippen molar-refractivity contribution >= 4 is 34.2 Å². The first-order valence-corrected chi connectivity index (χ1v) is 6.04. The van der Waals surface area contributed by atoms with Gasteiger partial charge in [0.15, 0.2) is 0 Å². The SMILES string of the molecule is CCC(=O)N(CC(C)C)C(=S)SC. The first kappa shape index (κ1) is 12.9. The molecule has 0 aliphatic rings. The van der Waals surface area contributed by atoms with E-state index < -0.39 is 0 Å². The monoisotopic (exact) mass is 219 g/mol. The molecule has 2 nitrogen and oxygen atoms in total. The quantitative estimate of drug-likeness (QED) is 0.680. The fraction of sp³-hybridized carbons (Fsp3) is 0.778. The van der Waals surface area contributed by atoms with Gasteiger partial charge in [0.2, 0.25) is 5.91 Å². The summed E-state index contributed by atoms with van der Waals surface area (Å²) in [4.78, 5) is 13.2. The molecule has 0 aromatic rings. The van der Waals surface area contributed by atoms with Gasteiger partial charge in [-0.2, -0.15) is 0 Å². The number of carbonyl (C=O) groups excluding carboxylic acids is 1. The number of hydrogen-bond acceptors (Lipinski definition) is 3. The fourth-order valence-electron chi connectivity index (χ4n) is 0.944. The number of nitrogens with zero attached hydrogens (tertiary/aromatic N) is 1. The van der Waals surface area contributed by atoms with Gasteiger partial charge in [0.25, 0.3) is 0 Å². The summed E-state index contributed by atoms with van der Waals surface area (Å²) in [5, 5.41) is 0. The molecule has 0 saturated heterocycles. The topological polar surface area (TPSA) is 20.3 Å². The normalized spacial score (nSPS) is 10.2. The van der Waals surface area contributed by atoms with Gasteiger partial charge >= 0.3 is 0 Å². The van der Waals surface area contributed by atoms with Crippen molar-refractivity contribution in [2.45, 2.75) is 27.2 Å². The van der Waals surface area contributed by atoms with Gasteiger partial charge in [0.05, 0.1) is 0 Å². The van der Waals surface area contributed by atoms with Gasteiger partial charge in [-0.3, -0.25) is 9.69 Å². The largest absolute Gasteiger partial charge is 0.298 e. The molecule has 0 rings (SSSR count). The number of carbonyl (C=O) groups is 1. The van der Waals surface area contributed by atoms with Gasteiger partial charge in [-0.25, -0.2) is 0 Å². The van der Waals surface area contributed by atoms with Crippen LogP contribution in [0.1, 0.15) is 27.2 Å². The molecule has 76 valence electrons. The highest BCUT2D eigenvalue weighted by Crippen LogP contribution is 2.10. The van der Waals surface area contributed by atoms with E-state index in [0.717, 1.165) is 6.54 Å². The van der Waals surface area contributed by atoms with E-state index in [2.05, 4.69) is 13.8 Å². The zero-order chi connectivity index (χ0) is 10.4. The summed E-state index contributed by atoms with van der Waals surface area (Å²) in [5.41, 5.74) is 0. The summed E-state index contributed by atoms with van der Waals surface area (Å²) in [5.74, 6) is 0.577. The third-order valence-electron chi connectivity index (χ3n) is 1.55. The van der Waals surface area contributed by atoms with Crippen LogP contribution < -0.4 is 0 Å². The van der Waals surface area contributed by atoms with E-state index >= 15 is 0 Å². The predicted octanol–water partition coefficient (Wildman–Crippen LogP) is 2.53. The van der Waals surface area contributed by atoms with Crippen LogP contribution in [0.3, 0.4) is 0 Å². The molecule has 4 heteroatoms. The van der Waals surface area contributed by atoms with E-state index in [4.69, 9.17) is 12.2 Å². The van der Waals surface area contributed by atoms with Crippen LogP contribution >= 0.6 is 24.0 Å². The molecule has 0 saturated carbocycles. The lowest BCUT2D eigenvalue weighted by Gasteiger charge is -2.23. The van der Waals surface area contributed by atoms with Gasteiger partial charge in [0.1, 0.15) is 4.32 Å². The maximum absolute atomic E-state index is 11.5. The molecular weight excluding hydrogens is 202 g/mol. The summed E-state index contributed by atoms with van der Waals surface area (Å²) in [6.45, 7) is 6.75. The Kier molecular flexibility index (Phi) is 6.33. The molecule has 0 N–H and O–H groups in total. The van der Waals surface area contributed by atoms with Gasteiger partial charge in [-0.05, 0) is 12.2 Å². The van der Waals surface area contributed by atoms with E-state index in [1.54, 1.807) is 4.90 Å². The third-order valence-corrected chi connectivity index (χ3v) is 2.84. The maximum atomic E-state index is 11.5. The fourth-order valence-corrected chi connectivity index (χ4v) is 1.52. The molecule has 0 aliphatic heterocycles. The van der Waals surface area contributed by atoms with Crippen molar-refractivity contribution in [3.63, 3.8) is 0 Å². The van der Waals surface area contributed by atoms with Crippen molar-refractivity contribution in [1.82, 2.24) is 4.90 Å². The van der Waals surface area contributed by atoms with Crippen LogP contribution in [0, 0.1) is 5.92 Å². The molecule has 13 heavy (non-hydrogen) atoms. The smallest absolute Gasteiger partial charge is 0.227 e. The van der Waals surface area contributed by atoms with E-state index in [-0.39, 0.29) is 5.91 Å². The Morgan fingerprint density at radius 3 is 2.38 bits per heavy atom. The third kappa shape index (κ3) is 4.62. The van der Waals surface area contributed by atoms with Crippen LogP contribution in [0.5, 0.6) is 0 Å². The molecule has 0 unspecified atom stereocenters. The zero-order valence-electron chi connectivity index (χ0n) is 8.66. The first-order valence-electron chi connectivity index (χ1n) is 4.41. The summed E-state index contributed by atoms with van der Waals surface area (Å²) >= 11 is 6.56. The number of rotatable bonds is 3. The Morgan fingerprint density at radius 1 is 1.54 bits per heavy atom. The van der Waals surface area contributed by atoms with Crippen LogP contribution in [-0.4, -0.2) is 27.9 Å². The Bertz CT molecular complexity index is 176. The average Bonchev–Trinajstić information content (AvgIpc) is 2.11. The molecule has 0 atom stereocenters. The minimum absolute atomic E-state index is 0.119. The first-order chi connectivity index (χ1) is 6.02. The van der Waals surface area contributed by atoms with Crippen molar-refractivity contribution in [3.05, 3.63) is 0 Å². The van der Waals surface area contributed by atoms with Crippen LogP contribution in [0.15, 0.2) is 0 Å². The standard InChI is InChI=1S/C9H17NOS2/c1-5-8(11)10(6-7(2)3)9(12)13-4/h7H,5-6H2,1-4H3. The van der Waals surface area contributed by atoms with E-state index in [1.165, 1.54) is 11.8 Å². The number of thiocarbonyl (C=S) groups is 1. The number of hydrogen-bond donors (Lipinski definition) is 0. The van der Waals surface area contributed by atoms with Crippen LogP contribution in [0.2, 0.25) is 0 Å². The van der Waals surface area contributed by atoms with Crippen LogP contribution in [-0.2, 0) is 4.79 Å². The summed E-state index contributed by atoms with van der Waals surface area (Å²) in [6.07, 6.45) is 2.42. The van der Waals surface area contributed by atoms with Gasteiger partial charge in [-0.1, -0.05) is 44.8 Å². The average molecular weight is 219 g/mol. The van der Waals surface area contributed by atoms with Crippen LogP contribution in [0.4, 0.5) is 0 Å². The molecule has 0 aromatic carbocycles. The van der Waals surface area contributed by atoms with Crippen molar-refractivity contribution < 1.29 is 4.79 Å². The second kappa shape index (κ2) is 6.38. The lowest BCUT2D eigenvalue weighted by Crippen LogP contribution is -2.36. The molecule has 0 spiro atoms. The molecule has 0 aromatic heterocycles. The highest BCUT2D eigenvalue weighted by Gasteiger charge is 2.16. The maximum Gasteiger partial charge on any atom is 0.227 e. The molecule has 0 aliphatic carbocycles. The Morgan fingerprint density at radius 2 is 2.08 bits per heavy atom. The minimum atomic E-state index is 0.119. The Balaban J connectivity index is 4.36. The summed E-state index contributed by atoms with van der Waals surface area (Å²) < 4.78 is 0.681. The van der Waals surface area contributed by atoms with Gasteiger partial charge < -0.3 is 0 Å². The van der Waals surface area contributed by atoms with Gasteiger partial charge in [0, 0.05) is 13.0 Å². The van der Waals surface area contributed by atoms with Crippen molar-refractivity contribution in [3.8, 4) is 0 Å².